The molecule has 0 spiro atoms. The van der Waals surface area contributed by atoms with Gasteiger partial charge in [-0.25, -0.2) is 9.59 Å². The van der Waals surface area contributed by atoms with E-state index in [4.69, 9.17) is 42.7 Å². The van der Waals surface area contributed by atoms with E-state index in [1.165, 1.54) is 0 Å². The number of thioether (sulfide) groups is 1. The maximum absolute atomic E-state index is 13.4. The number of amides is 7. The summed E-state index contributed by atoms with van der Waals surface area (Å²) in [5, 5.41) is 9.66. The first-order chi connectivity index (χ1) is 37.7. The molecule has 0 saturated carbocycles. The second-order valence-electron chi connectivity index (χ2n) is 18.2. The molecular formula is C54H74N6O16S. The molecular weight excluding hydrogens is 1020 g/mol. The Bertz CT molecular complexity index is 2270. The molecule has 0 bridgehead atoms. The van der Waals surface area contributed by atoms with Gasteiger partial charge in [-0.1, -0.05) is 48.6 Å². The van der Waals surface area contributed by atoms with Gasteiger partial charge in [0.25, 0.3) is 11.8 Å². The van der Waals surface area contributed by atoms with E-state index in [9.17, 15) is 33.6 Å². The lowest BCUT2D eigenvalue weighted by Crippen LogP contribution is -2.37. The number of ether oxygens (including phenoxy) is 8. The lowest BCUT2D eigenvalue weighted by Gasteiger charge is -2.26. The van der Waals surface area contributed by atoms with Crippen molar-refractivity contribution >= 4 is 59.0 Å². The van der Waals surface area contributed by atoms with E-state index in [0.717, 1.165) is 47.4 Å². The van der Waals surface area contributed by atoms with Crippen LogP contribution in [-0.2, 0) is 78.0 Å². The number of rotatable bonds is 39. The van der Waals surface area contributed by atoms with Crippen molar-refractivity contribution in [2.24, 2.45) is 0 Å². The topological polar surface area (TPSA) is 248 Å². The maximum atomic E-state index is 13.4. The molecule has 3 N–H and O–H groups in total. The van der Waals surface area contributed by atoms with Gasteiger partial charge < -0.3 is 68.5 Å². The van der Waals surface area contributed by atoms with Crippen LogP contribution in [0.3, 0.4) is 0 Å². The molecule has 4 heterocycles. The van der Waals surface area contributed by atoms with Gasteiger partial charge in [-0.05, 0) is 36.6 Å². The van der Waals surface area contributed by atoms with Crippen molar-refractivity contribution in [1.29, 1.82) is 0 Å². The van der Waals surface area contributed by atoms with E-state index in [0.29, 0.717) is 129 Å². The number of nitrogens with zero attached hydrogens (tertiary/aromatic N) is 3. The number of carbonyl (C=O) groups excluding carboxylic acids is 7. The molecule has 22 nitrogen and oxygen atoms in total. The molecule has 2 aromatic carbocycles. The molecule has 3 fully saturated rings. The Morgan fingerprint density at radius 1 is 0.623 bits per heavy atom. The van der Waals surface area contributed by atoms with Gasteiger partial charge >= 0.3 is 12.0 Å². The summed E-state index contributed by atoms with van der Waals surface area (Å²) in [6.45, 7) is 6.54. The normalized spacial score (nSPS) is 17.4. The first-order valence-electron chi connectivity index (χ1n) is 26.6. The van der Waals surface area contributed by atoms with Crippen LogP contribution in [0.15, 0.2) is 48.5 Å². The number of anilines is 1. The zero-order valence-electron chi connectivity index (χ0n) is 43.8. The Morgan fingerprint density at radius 2 is 1.18 bits per heavy atom. The first-order valence-corrected chi connectivity index (χ1v) is 27.6. The Balaban J connectivity index is 0.742. The molecule has 422 valence electrons. The highest BCUT2D eigenvalue weighted by molar-refractivity contribution is 8.00. The fraction of sp³-hybridized carbons (Fsp3) is 0.611. The molecule has 3 atom stereocenters. The molecule has 4 aliphatic rings. The largest absolute Gasteiger partial charge is 0.378 e. The van der Waals surface area contributed by atoms with Crippen LogP contribution in [0.4, 0.5) is 10.5 Å². The Kier molecular flexibility index (Phi) is 27.5. The van der Waals surface area contributed by atoms with Crippen molar-refractivity contribution in [3.8, 4) is 11.8 Å². The molecule has 0 radical (unpaired) electrons. The summed E-state index contributed by atoms with van der Waals surface area (Å²) in [4.78, 5) is 94.3. The minimum absolute atomic E-state index is 0.0253. The van der Waals surface area contributed by atoms with Crippen molar-refractivity contribution in [3.63, 3.8) is 0 Å². The van der Waals surface area contributed by atoms with E-state index >= 15 is 0 Å². The van der Waals surface area contributed by atoms with Gasteiger partial charge in [0.15, 0.2) is 0 Å². The van der Waals surface area contributed by atoms with Crippen molar-refractivity contribution in [2.75, 3.05) is 136 Å². The minimum atomic E-state index is -0.724. The van der Waals surface area contributed by atoms with Crippen LogP contribution < -0.4 is 20.9 Å². The number of hydrogen-bond donors (Lipinski definition) is 3. The standard InChI is InChI=1S/C54H74N6O16S/c61-47(15-16-49(63)59-39-43-9-2-1-7-41(43)13-14-42-8-3-4-10-45(42)59)55-20-24-69-28-32-73-36-38-75-34-30-71-26-22-58(48(62)12-6-5-11-46-53-44(40-77-46)56-54(67)57-53)21-25-70-29-33-74-37-35-72-31-27-68-23-19-52(66)76-60-50(64)17-18-51(60)65/h1-4,7-10,44,46,53H,5-6,11-12,15-40H2,(H,55,61)(H2,56,57,67)/t44-,46?,53-/m1/s1. The molecule has 2 aromatic rings. The Morgan fingerprint density at radius 3 is 1.83 bits per heavy atom. The zero-order chi connectivity index (χ0) is 54.3. The number of fused-ring (bicyclic) bond motifs is 3. The SMILES string of the molecule is O=C(CCC(=O)N1Cc2ccccc2C#Cc2ccccc21)NCCOCCOCCOCCOCCN(CCOCCOCCOCCOCCC(=O)ON1C(=O)CCC1=O)C(=O)CCCCC1SC[C@H]2NC(=O)N[C@@H]12. The van der Waals surface area contributed by atoms with Gasteiger partial charge in [-0.2, -0.15) is 11.8 Å². The Hall–Kier alpha value is -5.68. The number of hydroxylamine groups is 2. The average molecular weight is 1100 g/mol. The van der Waals surface area contributed by atoms with Crippen molar-refractivity contribution in [2.45, 2.75) is 81.7 Å². The molecule has 6 rings (SSSR count). The van der Waals surface area contributed by atoms with E-state index in [1.54, 1.807) is 9.80 Å². The van der Waals surface area contributed by atoms with Gasteiger partial charge in [0.05, 0.1) is 136 Å². The van der Waals surface area contributed by atoms with Crippen LogP contribution in [-0.4, -0.2) is 200 Å². The molecule has 77 heavy (non-hydrogen) atoms. The number of para-hydroxylation sites is 1. The second-order valence-corrected chi connectivity index (χ2v) is 19.5. The molecule has 3 saturated heterocycles. The number of nitrogens with one attached hydrogen (secondary N) is 3. The van der Waals surface area contributed by atoms with Crippen molar-refractivity contribution in [3.05, 3.63) is 65.2 Å². The third kappa shape index (κ3) is 21.9. The summed E-state index contributed by atoms with van der Waals surface area (Å²) >= 11 is 1.86. The summed E-state index contributed by atoms with van der Waals surface area (Å²) in [6, 6.07) is 15.5. The first kappa shape index (κ1) is 60.5. The monoisotopic (exact) mass is 1090 g/mol. The highest BCUT2D eigenvalue weighted by Crippen LogP contribution is 2.33. The van der Waals surface area contributed by atoms with Crippen LogP contribution >= 0.6 is 11.8 Å². The zero-order valence-corrected chi connectivity index (χ0v) is 44.7. The summed E-state index contributed by atoms with van der Waals surface area (Å²) in [7, 11) is 0. The minimum Gasteiger partial charge on any atom is -0.378 e. The number of hydrogen-bond acceptors (Lipinski definition) is 17. The summed E-state index contributed by atoms with van der Waals surface area (Å²) < 4.78 is 44.8. The Labute approximate surface area is 454 Å². The van der Waals surface area contributed by atoms with Crippen molar-refractivity contribution in [1.82, 2.24) is 25.9 Å². The summed E-state index contributed by atoms with van der Waals surface area (Å²) in [6.07, 6.45) is 3.02. The number of unbranched alkanes of at least 4 members (excludes halogenated alkanes) is 1. The van der Waals surface area contributed by atoms with Crippen molar-refractivity contribution < 1.29 is 76.3 Å². The van der Waals surface area contributed by atoms with E-state index in [2.05, 4.69) is 27.8 Å². The van der Waals surface area contributed by atoms with Crippen LogP contribution in [0, 0.1) is 11.8 Å². The lowest BCUT2D eigenvalue weighted by atomic mass is 10.0. The third-order valence-corrected chi connectivity index (χ3v) is 14.1. The van der Waals surface area contributed by atoms with E-state index in [1.807, 2.05) is 60.3 Å². The average Bonchev–Trinajstić information content (AvgIpc) is 4.10. The summed E-state index contributed by atoms with van der Waals surface area (Å²) in [5.41, 5.74) is 3.33. The smallest absolute Gasteiger partial charge is 0.335 e. The number of carbonyl (C=O) groups is 7. The number of urea groups is 1. The molecule has 1 unspecified atom stereocenters. The van der Waals surface area contributed by atoms with Crippen LogP contribution in [0.25, 0.3) is 0 Å². The summed E-state index contributed by atoms with van der Waals surface area (Å²) in [5.74, 6) is 5.16. The second kappa shape index (κ2) is 35.0. The molecule has 23 heteroatoms. The van der Waals surface area contributed by atoms with Gasteiger partial charge in [-0.15, -0.1) is 5.06 Å². The highest BCUT2D eigenvalue weighted by Gasteiger charge is 2.42. The molecule has 7 amide bonds. The van der Waals surface area contributed by atoms with Gasteiger partial charge in [0.2, 0.25) is 17.7 Å². The third-order valence-electron chi connectivity index (χ3n) is 12.6. The van der Waals surface area contributed by atoms with Crippen LogP contribution in [0.5, 0.6) is 0 Å². The van der Waals surface area contributed by atoms with E-state index in [-0.39, 0.29) is 87.8 Å². The fourth-order valence-corrected chi connectivity index (χ4v) is 10.1. The molecule has 0 aromatic heterocycles. The molecule has 0 aliphatic carbocycles. The van der Waals surface area contributed by atoms with Gasteiger partial charge in [0.1, 0.15) is 0 Å². The fourth-order valence-electron chi connectivity index (χ4n) is 8.53. The van der Waals surface area contributed by atoms with Crippen LogP contribution in [0.2, 0.25) is 0 Å². The molecule has 4 aliphatic heterocycles. The predicted molar refractivity (Wildman–Crippen MR) is 281 cm³/mol. The van der Waals surface area contributed by atoms with Gasteiger partial charge in [0, 0.05) is 73.9 Å². The van der Waals surface area contributed by atoms with E-state index < -0.39 is 17.8 Å². The van der Waals surface area contributed by atoms with Crippen LogP contribution in [0.1, 0.15) is 74.5 Å². The highest BCUT2D eigenvalue weighted by atomic mass is 32.2. The lowest BCUT2D eigenvalue weighted by molar-refractivity contribution is -0.198. The number of imide groups is 1. The predicted octanol–water partition coefficient (Wildman–Crippen LogP) is 2.51. The van der Waals surface area contributed by atoms with Gasteiger partial charge in [-0.3, -0.25) is 24.0 Å². The number of benzene rings is 2. The maximum Gasteiger partial charge on any atom is 0.335 e. The quantitative estimate of drug-likeness (QED) is 0.0377.